The number of nitrogens with zero attached hydrogens (tertiary/aromatic N) is 1. The van der Waals surface area contributed by atoms with Crippen LogP contribution in [0.5, 0.6) is 0 Å². The minimum atomic E-state index is -4.84. The summed E-state index contributed by atoms with van der Waals surface area (Å²) in [5, 5.41) is 8.89. The molecule has 1 amide bonds. The second-order valence-electron chi connectivity index (χ2n) is 5.26. The van der Waals surface area contributed by atoms with Crippen molar-refractivity contribution in [3.05, 3.63) is 0 Å². The Hall–Kier alpha value is -1.27. The van der Waals surface area contributed by atoms with Crippen LogP contribution in [-0.4, -0.2) is 41.1 Å². The summed E-state index contributed by atoms with van der Waals surface area (Å²) in [6, 6.07) is 0. The van der Waals surface area contributed by atoms with Gasteiger partial charge in [-0.25, -0.2) is 0 Å². The lowest BCUT2D eigenvalue weighted by molar-refractivity contribution is -0.227. The lowest BCUT2D eigenvalue weighted by Gasteiger charge is -2.27. The number of hydrogen-bond donors (Lipinski definition) is 1. The largest absolute Gasteiger partial charge is 0.481 e. The summed E-state index contributed by atoms with van der Waals surface area (Å²) < 4.78 is 38.8. The van der Waals surface area contributed by atoms with Crippen molar-refractivity contribution < 1.29 is 27.9 Å². The number of alkyl halides is 3. The van der Waals surface area contributed by atoms with Crippen LogP contribution >= 0.6 is 0 Å². The average Bonchev–Trinajstić information content (AvgIpc) is 2.80. The number of unbranched alkanes of at least 4 members (excludes halogenated alkanes) is 3. The van der Waals surface area contributed by atoms with Crippen LogP contribution in [0.3, 0.4) is 0 Å². The smallest absolute Gasteiger partial charge is 0.406 e. The molecule has 0 spiro atoms. The van der Waals surface area contributed by atoms with Crippen LogP contribution in [0, 0.1) is 5.41 Å². The second kappa shape index (κ2) is 6.45. The quantitative estimate of drug-likeness (QED) is 0.767. The summed E-state index contributed by atoms with van der Waals surface area (Å²) in [5.74, 6) is -2.28. The molecule has 1 fully saturated rings. The first-order chi connectivity index (χ1) is 9.24. The zero-order valence-electron chi connectivity index (χ0n) is 11.5. The SMILES string of the molecule is CCCCCCC(=O)N1CCC(C(=O)O)(C(F)(F)F)C1. The molecule has 20 heavy (non-hydrogen) atoms. The van der Waals surface area contributed by atoms with E-state index in [0.717, 1.165) is 24.2 Å². The van der Waals surface area contributed by atoms with Crippen LogP contribution in [0.15, 0.2) is 0 Å². The Morgan fingerprint density at radius 2 is 1.90 bits per heavy atom. The van der Waals surface area contributed by atoms with E-state index in [4.69, 9.17) is 5.11 Å². The van der Waals surface area contributed by atoms with Crippen molar-refractivity contribution in [2.75, 3.05) is 13.1 Å². The van der Waals surface area contributed by atoms with Gasteiger partial charge in [0, 0.05) is 19.5 Å². The van der Waals surface area contributed by atoms with Crippen molar-refractivity contribution in [1.82, 2.24) is 4.90 Å². The van der Waals surface area contributed by atoms with Crippen molar-refractivity contribution in [2.45, 2.75) is 51.6 Å². The molecular formula is C13H20F3NO3. The number of carboxylic acid groups (broad SMARTS) is 1. The molecule has 0 bridgehead atoms. The molecule has 0 aromatic heterocycles. The van der Waals surface area contributed by atoms with Gasteiger partial charge in [0.1, 0.15) is 0 Å². The molecule has 0 aromatic carbocycles. The molecule has 7 heteroatoms. The molecule has 116 valence electrons. The summed E-state index contributed by atoms with van der Waals surface area (Å²) in [4.78, 5) is 23.8. The van der Waals surface area contributed by atoms with Gasteiger partial charge in [-0.2, -0.15) is 13.2 Å². The third-order valence-corrected chi connectivity index (χ3v) is 3.82. The molecule has 1 saturated heterocycles. The molecular weight excluding hydrogens is 275 g/mol. The zero-order chi connectivity index (χ0) is 15.4. The molecule has 1 heterocycles. The van der Waals surface area contributed by atoms with E-state index < -0.39 is 30.5 Å². The average molecular weight is 295 g/mol. The highest BCUT2D eigenvalue weighted by Crippen LogP contribution is 2.45. The van der Waals surface area contributed by atoms with Crippen molar-refractivity contribution in [1.29, 1.82) is 0 Å². The van der Waals surface area contributed by atoms with E-state index in [2.05, 4.69) is 0 Å². The van der Waals surface area contributed by atoms with Gasteiger partial charge < -0.3 is 10.0 Å². The standard InChI is InChI=1S/C13H20F3NO3/c1-2-3-4-5-6-10(18)17-8-7-12(9-17,11(19)20)13(14,15)16/h2-9H2,1H3,(H,19,20). The Kier molecular flexibility index (Phi) is 5.42. The van der Waals surface area contributed by atoms with Gasteiger partial charge in [-0.1, -0.05) is 26.2 Å². The molecule has 4 nitrogen and oxygen atoms in total. The number of aliphatic carboxylic acids is 1. The third kappa shape index (κ3) is 3.43. The van der Waals surface area contributed by atoms with E-state index in [1.54, 1.807) is 0 Å². The van der Waals surface area contributed by atoms with E-state index in [9.17, 15) is 22.8 Å². The van der Waals surface area contributed by atoms with Gasteiger partial charge >= 0.3 is 12.1 Å². The molecule has 1 atom stereocenters. The van der Waals surface area contributed by atoms with E-state index in [1.807, 2.05) is 6.92 Å². The van der Waals surface area contributed by atoms with Gasteiger partial charge in [0.2, 0.25) is 5.91 Å². The Balaban J connectivity index is 2.61. The minimum Gasteiger partial charge on any atom is -0.481 e. The number of hydrogen-bond acceptors (Lipinski definition) is 2. The normalized spacial score (nSPS) is 23.1. The molecule has 1 aliphatic rings. The van der Waals surface area contributed by atoms with Crippen molar-refractivity contribution in [3.63, 3.8) is 0 Å². The van der Waals surface area contributed by atoms with Gasteiger partial charge in [0.25, 0.3) is 0 Å². The van der Waals surface area contributed by atoms with Crippen molar-refractivity contribution in [2.24, 2.45) is 5.41 Å². The van der Waals surface area contributed by atoms with Gasteiger partial charge in [-0.3, -0.25) is 9.59 Å². The third-order valence-electron chi connectivity index (χ3n) is 3.82. The van der Waals surface area contributed by atoms with Gasteiger partial charge in [-0.05, 0) is 12.8 Å². The highest BCUT2D eigenvalue weighted by atomic mass is 19.4. The Morgan fingerprint density at radius 3 is 2.35 bits per heavy atom. The number of likely N-dealkylation sites (tertiary alicyclic amines) is 1. The van der Waals surface area contributed by atoms with Crippen LogP contribution in [0.1, 0.15) is 45.4 Å². The number of carbonyl (C=O) groups excluding carboxylic acids is 1. The molecule has 0 saturated carbocycles. The highest BCUT2D eigenvalue weighted by molar-refractivity contribution is 5.81. The highest BCUT2D eigenvalue weighted by Gasteiger charge is 2.64. The topological polar surface area (TPSA) is 57.6 Å². The number of carboxylic acids is 1. The predicted octanol–water partition coefficient (Wildman–Crippen LogP) is 2.82. The Morgan fingerprint density at radius 1 is 1.25 bits per heavy atom. The van der Waals surface area contributed by atoms with Crippen molar-refractivity contribution in [3.8, 4) is 0 Å². The molecule has 1 aliphatic heterocycles. The molecule has 1 N–H and O–H groups in total. The maximum absolute atomic E-state index is 12.9. The first kappa shape index (κ1) is 16.8. The predicted molar refractivity (Wildman–Crippen MR) is 66.1 cm³/mol. The van der Waals surface area contributed by atoms with Gasteiger partial charge in [-0.15, -0.1) is 0 Å². The molecule has 0 aromatic rings. The van der Waals surface area contributed by atoms with E-state index in [-0.39, 0.29) is 18.9 Å². The van der Waals surface area contributed by atoms with E-state index in [0.29, 0.717) is 6.42 Å². The maximum atomic E-state index is 12.9. The molecule has 1 rings (SSSR count). The van der Waals surface area contributed by atoms with Crippen LogP contribution in [0.2, 0.25) is 0 Å². The summed E-state index contributed by atoms with van der Waals surface area (Å²) >= 11 is 0. The summed E-state index contributed by atoms with van der Waals surface area (Å²) in [7, 11) is 0. The number of halogens is 3. The monoisotopic (exact) mass is 295 g/mol. The van der Waals surface area contributed by atoms with Crippen LogP contribution in [0.4, 0.5) is 13.2 Å². The lowest BCUT2D eigenvalue weighted by atomic mass is 9.86. The number of amides is 1. The van der Waals surface area contributed by atoms with Crippen molar-refractivity contribution >= 4 is 11.9 Å². The minimum absolute atomic E-state index is 0.140. The van der Waals surface area contributed by atoms with Crippen LogP contribution in [-0.2, 0) is 9.59 Å². The van der Waals surface area contributed by atoms with E-state index in [1.165, 1.54) is 0 Å². The molecule has 0 radical (unpaired) electrons. The van der Waals surface area contributed by atoms with Crippen LogP contribution < -0.4 is 0 Å². The number of rotatable bonds is 6. The number of carbonyl (C=O) groups is 2. The second-order valence-corrected chi connectivity index (χ2v) is 5.26. The molecule has 0 aliphatic carbocycles. The lowest BCUT2D eigenvalue weighted by Crippen LogP contribution is -2.47. The Bertz CT molecular complexity index is 370. The first-order valence-corrected chi connectivity index (χ1v) is 6.82. The van der Waals surface area contributed by atoms with E-state index >= 15 is 0 Å². The summed E-state index contributed by atoms with van der Waals surface area (Å²) in [6.07, 6.45) is -1.73. The fourth-order valence-electron chi connectivity index (χ4n) is 2.41. The fourth-order valence-corrected chi connectivity index (χ4v) is 2.41. The zero-order valence-corrected chi connectivity index (χ0v) is 11.5. The van der Waals surface area contributed by atoms with Gasteiger partial charge in [0.05, 0.1) is 0 Å². The summed E-state index contributed by atoms with van der Waals surface area (Å²) in [6.45, 7) is 1.11. The molecule has 1 unspecified atom stereocenters. The summed E-state index contributed by atoms with van der Waals surface area (Å²) in [5.41, 5.74) is -2.80. The Labute approximate surface area is 115 Å². The maximum Gasteiger partial charge on any atom is 0.406 e. The fraction of sp³-hybridized carbons (Fsp3) is 0.846. The van der Waals surface area contributed by atoms with Gasteiger partial charge in [0.15, 0.2) is 5.41 Å². The first-order valence-electron chi connectivity index (χ1n) is 6.82. The van der Waals surface area contributed by atoms with Crippen LogP contribution in [0.25, 0.3) is 0 Å².